The number of rotatable bonds is 6. The first-order chi connectivity index (χ1) is 15.5. The van der Waals surface area contributed by atoms with Crippen molar-refractivity contribution in [3.05, 3.63) is 71.0 Å². The third-order valence-electron chi connectivity index (χ3n) is 5.25. The molecule has 4 rings (SSSR count). The van der Waals surface area contributed by atoms with Gasteiger partial charge in [0.25, 0.3) is 0 Å². The van der Waals surface area contributed by atoms with Crippen LogP contribution in [0.25, 0.3) is 5.70 Å². The number of benzene rings is 2. The minimum Gasteiger partial charge on any atom is -0.403 e. The molecule has 32 heavy (non-hydrogen) atoms. The first kappa shape index (κ1) is 21.7. The van der Waals surface area contributed by atoms with Crippen LogP contribution in [0.4, 0.5) is 28.8 Å². The summed E-state index contributed by atoms with van der Waals surface area (Å²) in [4.78, 5) is 11.1. The lowest BCUT2D eigenvalue weighted by atomic mass is 10.1. The number of para-hydroxylation sites is 1. The van der Waals surface area contributed by atoms with E-state index in [9.17, 15) is 0 Å². The van der Waals surface area contributed by atoms with Gasteiger partial charge in [-0.25, -0.2) is 4.98 Å². The lowest BCUT2D eigenvalue weighted by Gasteiger charge is -2.29. The topological polar surface area (TPSA) is 114 Å². The number of morpholine rings is 1. The van der Waals surface area contributed by atoms with Crippen LogP contribution in [0.3, 0.4) is 0 Å². The van der Waals surface area contributed by atoms with Crippen LogP contribution in [-0.2, 0) is 4.74 Å². The van der Waals surface area contributed by atoms with Crippen LogP contribution in [0.2, 0.25) is 5.02 Å². The van der Waals surface area contributed by atoms with Gasteiger partial charge in [0, 0.05) is 42.4 Å². The van der Waals surface area contributed by atoms with Crippen LogP contribution in [0, 0.1) is 6.92 Å². The van der Waals surface area contributed by atoms with Crippen molar-refractivity contribution in [3.63, 3.8) is 0 Å². The van der Waals surface area contributed by atoms with Gasteiger partial charge in [-0.1, -0.05) is 29.8 Å². The van der Waals surface area contributed by atoms with Crippen molar-refractivity contribution in [2.75, 3.05) is 47.6 Å². The van der Waals surface area contributed by atoms with Gasteiger partial charge in [-0.2, -0.15) is 4.98 Å². The molecule has 166 valence electrons. The molecule has 0 unspecified atom stereocenters. The summed E-state index contributed by atoms with van der Waals surface area (Å²) >= 11 is 6.53. The van der Waals surface area contributed by atoms with Gasteiger partial charge in [-0.15, -0.1) is 0 Å². The standard InChI is InChI=1S/C23H26ClN7O/c1-15-3-2-4-17(22(15)26)19(14-25)29-21-7-8-27-23(30-21)28-16-5-6-20(18(24)13-16)31-9-11-32-12-10-31/h2-8,13-14H,9-12,25-26H2,1H3,(H2,27,28,29,30)/b19-14+. The van der Waals surface area contributed by atoms with E-state index in [1.807, 2.05) is 43.3 Å². The third kappa shape index (κ3) is 4.87. The molecule has 2 heterocycles. The monoisotopic (exact) mass is 451 g/mol. The average molecular weight is 452 g/mol. The zero-order valence-electron chi connectivity index (χ0n) is 17.8. The molecule has 0 bridgehead atoms. The van der Waals surface area contributed by atoms with E-state index in [-0.39, 0.29) is 0 Å². The third-order valence-corrected chi connectivity index (χ3v) is 5.56. The van der Waals surface area contributed by atoms with E-state index in [0.29, 0.717) is 41.4 Å². The molecule has 1 fully saturated rings. The SMILES string of the molecule is Cc1cccc(/C(=C\N)Nc2ccnc(Nc3ccc(N4CCOCC4)c(Cl)c3)n2)c1N. The number of aromatic nitrogens is 2. The van der Waals surface area contributed by atoms with E-state index >= 15 is 0 Å². The Morgan fingerprint density at radius 3 is 2.75 bits per heavy atom. The molecule has 0 atom stereocenters. The normalized spacial score (nSPS) is 14.3. The highest BCUT2D eigenvalue weighted by molar-refractivity contribution is 6.33. The summed E-state index contributed by atoms with van der Waals surface area (Å²) < 4.78 is 5.41. The first-order valence-corrected chi connectivity index (χ1v) is 10.7. The molecule has 2 aromatic carbocycles. The Balaban J connectivity index is 1.49. The Bertz CT molecular complexity index is 1130. The fraction of sp³-hybridized carbons (Fsp3) is 0.217. The predicted octanol–water partition coefficient (Wildman–Crippen LogP) is 3.97. The maximum atomic E-state index is 6.53. The van der Waals surface area contributed by atoms with E-state index in [0.717, 1.165) is 35.6 Å². The van der Waals surface area contributed by atoms with Crippen molar-refractivity contribution in [3.8, 4) is 0 Å². The summed E-state index contributed by atoms with van der Waals surface area (Å²) in [5.41, 5.74) is 17.0. The molecule has 1 saturated heterocycles. The fourth-order valence-electron chi connectivity index (χ4n) is 3.52. The van der Waals surface area contributed by atoms with Gasteiger partial charge in [0.2, 0.25) is 5.95 Å². The fourth-order valence-corrected chi connectivity index (χ4v) is 3.82. The molecule has 3 aromatic rings. The van der Waals surface area contributed by atoms with Crippen molar-refractivity contribution >= 4 is 46.1 Å². The van der Waals surface area contributed by atoms with E-state index in [1.165, 1.54) is 6.20 Å². The maximum absolute atomic E-state index is 6.53. The molecule has 0 amide bonds. The molecule has 8 nitrogen and oxygen atoms in total. The van der Waals surface area contributed by atoms with Gasteiger partial charge in [0.1, 0.15) is 5.82 Å². The van der Waals surface area contributed by atoms with Crippen LogP contribution >= 0.6 is 11.6 Å². The van der Waals surface area contributed by atoms with Crippen molar-refractivity contribution in [1.82, 2.24) is 9.97 Å². The van der Waals surface area contributed by atoms with Crippen LogP contribution in [0.5, 0.6) is 0 Å². The molecule has 0 radical (unpaired) electrons. The number of nitrogen functional groups attached to an aromatic ring is 1. The largest absolute Gasteiger partial charge is 0.403 e. The number of nitrogens with two attached hydrogens (primary N) is 2. The molecule has 0 saturated carbocycles. The van der Waals surface area contributed by atoms with E-state index in [4.69, 9.17) is 27.8 Å². The van der Waals surface area contributed by atoms with Crippen molar-refractivity contribution in [2.45, 2.75) is 6.92 Å². The highest BCUT2D eigenvalue weighted by atomic mass is 35.5. The smallest absolute Gasteiger partial charge is 0.229 e. The number of anilines is 5. The van der Waals surface area contributed by atoms with Gasteiger partial charge in [0.15, 0.2) is 0 Å². The molecule has 0 aliphatic carbocycles. The van der Waals surface area contributed by atoms with Crippen LogP contribution < -0.4 is 27.0 Å². The highest BCUT2D eigenvalue weighted by Gasteiger charge is 2.15. The van der Waals surface area contributed by atoms with Crippen molar-refractivity contribution in [1.29, 1.82) is 0 Å². The molecular weight excluding hydrogens is 426 g/mol. The molecular formula is C23H26ClN7O. The van der Waals surface area contributed by atoms with Gasteiger partial charge < -0.3 is 31.7 Å². The van der Waals surface area contributed by atoms with Gasteiger partial charge in [-0.05, 0) is 36.8 Å². The highest BCUT2D eigenvalue weighted by Crippen LogP contribution is 2.30. The minimum absolute atomic E-state index is 0.429. The number of halogens is 1. The molecule has 1 aliphatic rings. The zero-order valence-corrected chi connectivity index (χ0v) is 18.6. The molecule has 0 spiro atoms. The van der Waals surface area contributed by atoms with Gasteiger partial charge >= 0.3 is 0 Å². The summed E-state index contributed by atoms with van der Waals surface area (Å²) in [7, 11) is 0. The Morgan fingerprint density at radius 2 is 2.00 bits per heavy atom. The second kappa shape index (κ2) is 9.76. The lowest BCUT2D eigenvalue weighted by molar-refractivity contribution is 0.122. The average Bonchev–Trinajstić information content (AvgIpc) is 2.80. The second-order valence-corrected chi connectivity index (χ2v) is 7.80. The van der Waals surface area contributed by atoms with E-state index < -0.39 is 0 Å². The lowest BCUT2D eigenvalue weighted by Crippen LogP contribution is -2.36. The van der Waals surface area contributed by atoms with E-state index in [1.54, 1.807) is 12.3 Å². The molecule has 1 aromatic heterocycles. The first-order valence-electron chi connectivity index (χ1n) is 10.3. The number of hydrogen-bond donors (Lipinski definition) is 4. The quantitative estimate of drug-likeness (QED) is 0.416. The summed E-state index contributed by atoms with van der Waals surface area (Å²) in [6.45, 7) is 5.02. The van der Waals surface area contributed by atoms with Crippen molar-refractivity contribution < 1.29 is 4.74 Å². The van der Waals surface area contributed by atoms with E-state index in [2.05, 4.69) is 25.5 Å². The summed E-state index contributed by atoms with van der Waals surface area (Å²) in [5, 5.41) is 7.09. The van der Waals surface area contributed by atoms with Crippen LogP contribution in [-0.4, -0.2) is 36.3 Å². The Kier molecular flexibility index (Phi) is 6.63. The Labute approximate surface area is 192 Å². The number of hydrogen-bond acceptors (Lipinski definition) is 8. The summed E-state index contributed by atoms with van der Waals surface area (Å²) in [6.07, 6.45) is 3.14. The molecule has 9 heteroatoms. The molecule has 6 N–H and O–H groups in total. The number of ether oxygens (including phenoxy) is 1. The van der Waals surface area contributed by atoms with Gasteiger partial charge in [-0.3, -0.25) is 0 Å². The van der Waals surface area contributed by atoms with Crippen LogP contribution in [0.1, 0.15) is 11.1 Å². The number of nitrogens with zero attached hydrogens (tertiary/aromatic N) is 3. The van der Waals surface area contributed by atoms with Crippen molar-refractivity contribution in [2.24, 2.45) is 5.73 Å². The number of aryl methyl sites for hydroxylation is 1. The predicted molar refractivity (Wildman–Crippen MR) is 131 cm³/mol. The summed E-state index contributed by atoms with van der Waals surface area (Å²) in [5.74, 6) is 1.01. The number of nitrogens with one attached hydrogen (secondary N) is 2. The van der Waals surface area contributed by atoms with Gasteiger partial charge in [0.05, 0.1) is 29.6 Å². The Hall–Kier alpha value is -3.49. The zero-order chi connectivity index (χ0) is 22.5. The minimum atomic E-state index is 0.429. The second-order valence-electron chi connectivity index (χ2n) is 7.40. The Morgan fingerprint density at radius 1 is 1.19 bits per heavy atom. The maximum Gasteiger partial charge on any atom is 0.229 e. The van der Waals surface area contributed by atoms with Crippen LogP contribution in [0.15, 0.2) is 54.9 Å². The summed E-state index contributed by atoms with van der Waals surface area (Å²) in [6, 6.07) is 13.4. The molecule has 1 aliphatic heterocycles.